The van der Waals surface area contributed by atoms with Gasteiger partial charge in [0.25, 0.3) is 0 Å². The number of benzene rings is 1. The molecule has 18 heavy (non-hydrogen) atoms. The van der Waals surface area contributed by atoms with Crippen LogP contribution in [-0.2, 0) is 19.4 Å². The zero-order chi connectivity index (χ0) is 12.8. The molecule has 96 valence electrons. The van der Waals surface area contributed by atoms with Gasteiger partial charge in [-0.25, -0.2) is 4.98 Å². The molecular formula is C14H17NO2S. The summed E-state index contributed by atoms with van der Waals surface area (Å²) in [5.41, 5.74) is 1.01. The maximum Gasteiger partial charge on any atom is 0.119 e. The van der Waals surface area contributed by atoms with Crippen LogP contribution in [0.1, 0.15) is 22.5 Å². The number of thiazole rings is 1. The van der Waals surface area contributed by atoms with E-state index in [1.807, 2.05) is 30.3 Å². The Morgan fingerprint density at radius 3 is 2.67 bits per heavy atom. The van der Waals surface area contributed by atoms with Crippen molar-refractivity contribution in [3.63, 3.8) is 0 Å². The molecular weight excluding hydrogens is 246 g/mol. The molecule has 0 aliphatic heterocycles. The van der Waals surface area contributed by atoms with Gasteiger partial charge in [-0.3, -0.25) is 0 Å². The van der Waals surface area contributed by atoms with Gasteiger partial charge in [0.05, 0.1) is 28.8 Å². The van der Waals surface area contributed by atoms with Crippen LogP contribution in [0, 0.1) is 0 Å². The summed E-state index contributed by atoms with van der Waals surface area (Å²) in [4.78, 5) is 5.49. The van der Waals surface area contributed by atoms with E-state index >= 15 is 0 Å². The van der Waals surface area contributed by atoms with Gasteiger partial charge in [0.2, 0.25) is 0 Å². The van der Waals surface area contributed by atoms with E-state index in [0.717, 1.165) is 34.2 Å². The van der Waals surface area contributed by atoms with Gasteiger partial charge in [-0.15, -0.1) is 11.3 Å². The molecule has 1 N–H and O–H groups in total. The summed E-state index contributed by atoms with van der Waals surface area (Å²) in [5.74, 6) is 0.882. The lowest BCUT2D eigenvalue weighted by Crippen LogP contribution is -2.01. The average molecular weight is 263 g/mol. The Morgan fingerprint density at radius 1 is 1.28 bits per heavy atom. The number of para-hydroxylation sites is 1. The molecule has 0 fully saturated rings. The van der Waals surface area contributed by atoms with Crippen molar-refractivity contribution < 1.29 is 9.84 Å². The molecule has 0 bridgehead atoms. The quantitative estimate of drug-likeness (QED) is 0.871. The van der Waals surface area contributed by atoms with Crippen LogP contribution in [0.15, 0.2) is 30.3 Å². The third-order valence-electron chi connectivity index (χ3n) is 2.63. The predicted molar refractivity (Wildman–Crippen MR) is 73.1 cm³/mol. The largest absolute Gasteiger partial charge is 0.493 e. The smallest absolute Gasteiger partial charge is 0.119 e. The molecule has 2 rings (SSSR count). The maximum atomic E-state index is 9.21. The van der Waals surface area contributed by atoms with Gasteiger partial charge in [-0.2, -0.15) is 0 Å². The zero-order valence-electron chi connectivity index (χ0n) is 10.4. The number of hydrogen-bond donors (Lipinski definition) is 1. The van der Waals surface area contributed by atoms with Crippen molar-refractivity contribution in [3.8, 4) is 5.75 Å². The molecule has 1 aromatic carbocycles. The van der Waals surface area contributed by atoms with Crippen LogP contribution < -0.4 is 4.74 Å². The maximum absolute atomic E-state index is 9.21. The molecule has 3 nitrogen and oxygen atoms in total. The first kappa shape index (κ1) is 13.1. The minimum atomic E-state index is 0.0837. The fourth-order valence-electron chi connectivity index (χ4n) is 1.72. The number of aliphatic hydroxyl groups excluding tert-OH is 1. The van der Waals surface area contributed by atoms with Gasteiger partial charge in [0, 0.05) is 6.42 Å². The van der Waals surface area contributed by atoms with E-state index < -0.39 is 0 Å². The monoisotopic (exact) mass is 263 g/mol. The Balaban J connectivity index is 1.88. The molecule has 1 heterocycles. The van der Waals surface area contributed by atoms with E-state index in [1.165, 1.54) is 0 Å². The first-order valence-electron chi connectivity index (χ1n) is 6.09. The lowest BCUT2D eigenvalue weighted by atomic mass is 10.3. The highest BCUT2D eigenvalue weighted by atomic mass is 32.1. The highest BCUT2D eigenvalue weighted by molar-refractivity contribution is 7.11. The molecule has 0 unspecified atom stereocenters. The van der Waals surface area contributed by atoms with Gasteiger partial charge >= 0.3 is 0 Å². The number of ether oxygens (including phenoxy) is 1. The summed E-state index contributed by atoms with van der Waals surface area (Å²) in [6.07, 6.45) is 1.65. The van der Waals surface area contributed by atoms with Crippen molar-refractivity contribution in [2.45, 2.75) is 26.4 Å². The van der Waals surface area contributed by atoms with Crippen LogP contribution in [0.3, 0.4) is 0 Å². The molecule has 0 spiro atoms. The number of nitrogens with zero attached hydrogens (tertiary/aromatic N) is 1. The first-order chi connectivity index (χ1) is 8.83. The Morgan fingerprint density at radius 2 is 2.06 bits per heavy atom. The predicted octanol–water partition coefficient (Wildman–Crippen LogP) is 2.82. The SMILES string of the molecule is CCc1nc(CCOc2ccccc2)sc1CO. The Bertz CT molecular complexity index is 460. The van der Waals surface area contributed by atoms with Crippen molar-refractivity contribution in [3.05, 3.63) is 45.9 Å². The number of aryl methyl sites for hydroxylation is 1. The van der Waals surface area contributed by atoms with E-state index in [-0.39, 0.29) is 6.61 Å². The van der Waals surface area contributed by atoms with Gasteiger partial charge in [0.1, 0.15) is 5.75 Å². The number of hydrogen-bond acceptors (Lipinski definition) is 4. The molecule has 0 aliphatic rings. The van der Waals surface area contributed by atoms with Crippen molar-refractivity contribution in [1.29, 1.82) is 0 Å². The van der Waals surface area contributed by atoms with E-state index in [2.05, 4.69) is 11.9 Å². The van der Waals surface area contributed by atoms with E-state index in [9.17, 15) is 5.11 Å². The molecule has 0 radical (unpaired) electrons. The molecule has 0 saturated heterocycles. The molecule has 0 aliphatic carbocycles. The second-order valence-corrected chi connectivity index (χ2v) is 5.07. The lowest BCUT2D eigenvalue weighted by Gasteiger charge is -2.03. The number of rotatable bonds is 6. The minimum absolute atomic E-state index is 0.0837. The highest BCUT2D eigenvalue weighted by Crippen LogP contribution is 2.20. The fraction of sp³-hybridized carbons (Fsp3) is 0.357. The molecule has 0 atom stereocenters. The lowest BCUT2D eigenvalue weighted by molar-refractivity contribution is 0.284. The summed E-state index contributed by atoms with van der Waals surface area (Å²) in [6.45, 7) is 2.75. The molecule has 4 heteroatoms. The number of aliphatic hydroxyl groups is 1. The van der Waals surface area contributed by atoms with Crippen molar-refractivity contribution in [2.24, 2.45) is 0 Å². The second kappa shape index (κ2) is 6.52. The average Bonchev–Trinajstić information content (AvgIpc) is 2.82. The molecule has 2 aromatic rings. The Kier molecular flexibility index (Phi) is 4.73. The third kappa shape index (κ3) is 3.31. The van der Waals surface area contributed by atoms with Crippen molar-refractivity contribution in [1.82, 2.24) is 4.98 Å². The van der Waals surface area contributed by atoms with E-state index in [1.54, 1.807) is 11.3 Å². The van der Waals surface area contributed by atoms with Crippen LogP contribution in [-0.4, -0.2) is 16.7 Å². The van der Waals surface area contributed by atoms with E-state index in [0.29, 0.717) is 6.61 Å². The minimum Gasteiger partial charge on any atom is -0.493 e. The van der Waals surface area contributed by atoms with Crippen LogP contribution in [0.25, 0.3) is 0 Å². The van der Waals surface area contributed by atoms with E-state index in [4.69, 9.17) is 4.74 Å². The normalized spacial score (nSPS) is 10.6. The van der Waals surface area contributed by atoms with Gasteiger partial charge < -0.3 is 9.84 Å². The summed E-state index contributed by atoms with van der Waals surface area (Å²) >= 11 is 1.58. The van der Waals surface area contributed by atoms with Gasteiger partial charge in [-0.05, 0) is 18.6 Å². The van der Waals surface area contributed by atoms with Crippen LogP contribution in [0.5, 0.6) is 5.75 Å². The highest BCUT2D eigenvalue weighted by Gasteiger charge is 2.08. The number of aromatic nitrogens is 1. The fourth-order valence-corrected chi connectivity index (χ4v) is 2.71. The Labute approximate surface area is 111 Å². The first-order valence-corrected chi connectivity index (χ1v) is 6.91. The zero-order valence-corrected chi connectivity index (χ0v) is 11.2. The topological polar surface area (TPSA) is 42.4 Å². The summed E-state index contributed by atoms with van der Waals surface area (Å²) < 4.78 is 5.63. The Hall–Kier alpha value is -1.39. The second-order valence-electron chi connectivity index (χ2n) is 3.90. The summed E-state index contributed by atoms with van der Waals surface area (Å²) in [7, 11) is 0. The van der Waals surface area contributed by atoms with Crippen LogP contribution in [0.4, 0.5) is 0 Å². The van der Waals surface area contributed by atoms with Gasteiger partial charge in [-0.1, -0.05) is 25.1 Å². The van der Waals surface area contributed by atoms with Gasteiger partial charge in [0.15, 0.2) is 0 Å². The summed E-state index contributed by atoms with van der Waals surface area (Å²) in [6, 6.07) is 9.77. The summed E-state index contributed by atoms with van der Waals surface area (Å²) in [5, 5.41) is 10.2. The van der Waals surface area contributed by atoms with Crippen LogP contribution in [0.2, 0.25) is 0 Å². The van der Waals surface area contributed by atoms with Crippen molar-refractivity contribution in [2.75, 3.05) is 6.61 Å². The standard InChI is InChI=1S/C14H17NO2S/c1-2-12-13(10-16)18-14(15-12)8-9-17-11-6-4-3-5-7-11/h3-7,16H,2,8-10H2,1H3. The molecule has 0 amide bonds. The van der Waals surface area contributed by atoms with Crippen molar-refractivity contribution >= 4 is 11.3 Å². The molecule has 0 saturated carbocycles. The molecule has 1 aromatic heterocycles. The van der Waals surface area contributed by atoms with Crippen LogP contribution >= 0.6 is 11.3 Å². The third-order valence-corrected chi connectivity index (χ3v) is 3.77.